The number of carbonyl (C=O) groups excluding carboxylic acids is 1. The molecule has 2 fully saturated rings. The summed E-state index contributed by atoms with van der Waals surface area (Å²) in [5, 5.41) is 9.00. The van der Waals surface area contributed by atoms with Crippen molar-refractivity contribution in [1.29, 1.82) is 5.26 Å². The molecule has 33 heavy (non-hydrogen) atoms. The third-order valence-corrected chi connectivity index (χ3v) is 6.63. The Labute approximate surface area is 192 Å². The Balaban J connectivity index is 1.16. The van der Waals surface area contributed by atoms with Crippen molar-refractivity contribution in [1.82, 2.24) is 19.9 Å². The number of rotatable bonds is 6. The Morgan fingerprint density at radius 3 is 2.67 bits per heavy atom. The normalized spacial score (nSPS) is 20.6. The van der Waals surface area contributed by atoms with Crippen molar-refractivity contribution in [3.63, 3.8) is 0 Å². The van der Waals surface area contributed by atoms with Crippen LogP contribution < -0.4 is 4.90 Å². The molecule has 0 radical (unpaired) electrons. The van der Waals surface area contributed by atoms with Gasteiger partial charge in [0.05, 0.1) is 35.7 Å². The van der Waals surface area contributed by atoms with E-state index in [9.17, 15) is 4.79 Å². The first kappa shape index (κ1) is 21.3. The van der Waals surface area contributed by atoms with E-state index >= 15 is 0 Å². The van der Waals surface area contributed by atoms with Crippen LogP contribution in [-0.4, -0.2) is 57.5 Å². The zero-order chi connectivity index (χ0) is 22.8. The number of fused-ring (bicyclic) bond motifs is 3. The van der Waals surface area contributed by atoms with E-state index in [-0.39, 0.29) is 24.1 Å². The molecule has 2 aliphatic heterocycles. The summed E-state index contributed by atoms with van der Waals surface area (Å²) in [6, 6.07) is 12.2. The van der Waals surface area contributed by atoms with Crippen LogP contribution in [0.25, 0.3) is 11.0 Å². The molecule has 1 amide bonds. The lowest BCUT2D eigenvalue weighted by atomic mass is 10.1. The minimum atomic E-state index is -0.173. The minimum absolute atomic E-state index is 0.129. The van der Waals surface area contributed by atoms with Gasteiger partial charge in [0, 0.05) is 49.3 Å². The molecule has 2 bridgehead atoms. The van der Waals surface area contributed by atoms with E-state index in [1.54, 1.807) is 24.7 Å². The number of amides is 1. The molecule has 3 atom stereocenters. The van der Waals surface area contributed by atoms with E-state index in [1.165, 1.54) is 0 Å². The van der Waals surface area contributed by atoms with Gasteiger partial charge < -0.3 is 14.5 Å². The van der Waals surface area contributed by atoms with Gasteiger partial charge in [0.2, 0.25) is 5.91 Å². The van der Waals surface area contributed by atoms with Gasteiger partial charge in [0.25, 0.3) is 0 Å². The highest BCUT2D eigenvalue weighted by Crippen LogP contribution is 2.34. The highest BCUT2D eigenvalue weighted by molar-refractivity contribution is 5.78. The predicted octanol–water partition coefficient (Wildman–Crippen LogP) is 3.24. The van der Waals surface area contributed by atoms with Crippen LogP contribution in [0.1, 0.15) is 43.4 Å². The zero-order valence-corrected chi connectivity index (χ0v) is 18.6. The zero-order valence-electron chi connectivity index (χ0n) is 18.6. The van der Waals surface area contributed by atoms with Crippen molar-refractivity contribution in [2.24, 2.45) is 0 Å². The van der Waals surface area contributed by atoms with E-state index in [0.29, 0.717) is 31.7 Å². The quantitative estimate of drug-likeness (QED) is 0.578. The Morgan fingerprint density at radius 2 is 1.94 bits per heavy atom. The number of benzene rings is 1. The fourth-order valence-corrected chi connectivity index (χ4v) is 5.00. The van der Waals surface area contributed by atoms with Crippen LogP contribution in [0.5, 0.6) is 0 Å². The third-order valence-electron chi connectivity index (χ3n) is 6.63. The molecule has 4 heterocycles. The topological polar surface area (TPSA) is 95.2 Å². The number of para-hydroxylation sites is 1. The molecular weight excluding hydrogens is 416 g/mol. The highest BCUT2D eigenvalue weighted by atomic mass is 16.5. The first-order valence-electron chi connectivity index (χ1n) is 11.4. The molecule has 0 spiro atoms. The maximum Gasteiger partial charge on any atom is 0.225 e. The van der Waals surface area contributed by atoms with Crippen LogP contribution in [0, 0.1) is 11.3 Å². The molecule has 2 unspecified atom stereocenters. The molecule has 3 aromatic rings. The molecule has 168 valence electrons. The molecule has 8 nitrogen and oxygen atoms in total. The largest absolute Gasteiger partial charge is 0.373 e. The lowest BCUT2D eigenvalue weighted by Gasteiger charge is -2.41. The number of carbonyl (C=O) groups is 1. The van der Waals surface area contributed by atoms with Crippen molar-refractivity contribution < 1.29 is 9.53 Å². The molecular formula is C25H26N6O2. The standard InChI is InChI=1S/C25H26N6O2/c1-17(21-3-2-4-22-25(21)28-11-10-27-22)33-12-9-24(32)30-15-19-6-7-20(16-30)31(19)23-8-5-18(13-26)14-29-23/h2-5,8,10-11,14,17,19-20H,6-7,9,12,15-16H2,1H3/t17?,19-,20?/m0/s1. The number of piperazine rings is 1. The van der Waals surface area contributed by atoms with Gasteiger partial charge in [0.1, 0.15) is 11.9 Å². The monoisotopic (exact) mass is 442 g/mol. The van der Waals surface area contributed by atoms with E-state index in [0.717, 1.165) is 35.3 Å². The van der Waals surface area contributed by atoms with Crippen molar-refractivity contribution in [3.05, 3.63) is 60.0 Å². The summed E-state index contributed by atoms with van der Waals surface area (Å²) < 4.78 is 6.02. The summed E-state index contributed by atoms with van der Waals surface area (Å²) in [7, 11) is 0. The first-order valence-corrected chi connectivity index (χ1v) is 11.4. The van der Waals surface area contributed by atoms with Gasteiger partial charge in [-0.1, -0.05) is 12.1 Å². The Kier molecular flexibility index (Phi) is 5.88. The summed E-state index contributed by atoms with van der Waals surface area (Å²) >= 11 is 0. The average Bonchev–Trinajstić information content (AvgIpc) is 3.12. The van der Waals surface area contributed by atoms with Crippen molar-refractivity contribution in [2.45, 2.75) is 44.4 Å². The van der Waals surface area contributed by atoms with E-state index in [1.807, 2.05) is 36.1 Å². The number of aromatic nitrogens is 3. The number of nitriles is 1. The molecule has 0 N–H and O–H groups in total. The average molecular weight is 443 g/mol. The summed E-state index contributed by atoms with van der Waals surface area (Å²) in [6.07, 6.45) is 7.26. The van der Waals surface area contributed by atoms with Crippen molar-refractivity contribution in [2.75, 3.05) is 24.6 Å². The van der Waals surface area contributed by atoms with Gasteiger partial charge in [-0.15, -0.1) is 0 Å². The summed E-state index contributed by atoms with van der Waals surface area (Å²) in [5.41, 5.74) is 3.22. The predicted molar refractivity (Wildman–Crippen MR) is 123 cm³/mol. The molecule has 0 saturated carbocycles. The summed E-state index contributed by atoms with van der Waals surface area (Å²) in [6.45, 7) is 3.75. The number of nitrogens with zero attached hydrogens (tertiary/aromatic N) is 6. The van der Waals surface area contributed by atoms with Crippen molar-refractivity contribution in [3.8, 4) is 6.07 Å². The van der Waals surface area contributed by atoms with Gasteiger partial charge in [-0.25, -0.2) is 4.98 Å². The summed E-state index contributed by atoms with van der Waals surface area (Å²) in [5.74, 6) is 1.02. The summed E-state index contributed by atoms with van der Waals surface area (Å²) in [4.78, 5) is 30.5. The van der Waals surface area contributed by atoms with Crippen LogP contribution in [0.3, 0.4) is 0 Å². The van der Waals surface area contributed by atoms with E-state index in [4.69, 9.17) is 10.00 Å². The molecule has 0 aliphatic carbocycles. The van der Waals surface area contributed by atoms with Crippen LogP contribution in [-0.2, 0) is 9.53 Å². The van der Waals surface area contributed by atoms with E-state index < -0.39 is 0 Å². The fraction of sp³-hybridized carbons (Fsp3) is 0.400. The van der Waals surface area contributed by atoms with Gasteiger partial charge >= 0.3 is 0 Å². The number of anilines is 1. The molecule has 2 saturated heterocycles. The lowest BCUT2D eigenvalue weighted by molar-refractivity contribution is -0.133. The van der Waals surface area contributed by atoms with Crippen molar-refractivity contribution >= 4 is 22.8 Å². The van der Waals surface area contributed by atoms with E-state index in [2.05, 4.69) is 25.9 Å². The maximum atomic E-state index is 12.9. The second-order valence-corrected chi connectivity index (χ2v) is 8.64. The molecule has 2 aromatic heterocycles. The van der Waals surface area contributed by atoms with Gasteiger partial charge in [-0.05, 0) is 38.0 Å². The second kappa shape index (κ2) is 9.12. The highest BCUT2D eigenvalue weighted by Gasteiger charge is 2.41. The number of ether oxygens (including phenoxy) is 1. The number of likely N-dealkylation sites (tertiary alicyclic amines) is 1. The molecule has 2 aliphatic rings. The van der Waals surface area contributed by atoms with Gasteiger partial charge in [0.15, 0.2) is 0 Å². The van der Waals surface area contributed by atoms with Crippen LogP contribution in [0.2, 0.25) is 0 Å². The smallest absolute Gasteiger partial charge is 0.225 e. The number of pyridine rings is 1. The Hall–Kier alpha value is -3.57. The molecule has 1 aromatic carbocycles. The SMILES string of the molecule is CC(OCCC(=O)N1CC2CC[C@@H](C1)N2c1ccc(C#N)cn1)c1cccc2nccnc12. The second-order valence-electron chi connectivity index (χ2n) is 8.64. The minimum Gasteiger partial charge on any atom is -0.373 e. The third kappa shape index (κ3) is 4.24. The first-order chi connectivity index (χ1) is 16.1. The molecule has 8 heteroatoms. The lowest BCUT2D eigenvalue weighted by Crippen LogP contribution is -2.55. The fourth-order valence-electron chi connectivity index (χ4n) is 5.00. The molecule has 5 rings (SSSR count). The Morgan fingerprint density at radius 1 is 1.15 bits per heavy atom. The van der Waals surface area contributed by atoms with Gasteiger partial charge in [-0.3, -0.25) is 14.8 Å². The number of hydrogen-bond acceptors (Lipinski definition) is 7. The van der Waals surface area contributed by atoms with Crippen LogP contribution in [0.4, 0.5) is 5.82 Å². The van der Waals surface area contributed by atoms with Gasteiger partial charge in [-0.2, -0.15) is 5.26 Å². The Bertz CT molecular complexity index is 1170. The van der Waals surface area contributed by atoms with Crippen LogP contribution in [0.15, 0.2) is 48.9 Å². The number of hydrogen-bond donors (Lipinski definition) is 0. The van der Waals surface area contributed by atoms with Crippen LogP contribution >= 0.6 is 0 Å². The maximum absolute atomic E-state index is 12.9.